The third-order valence-electron chi connectivity index (χ3n) is 3.96. The Morgan fingerprint density at radius 3 is 2.14 bits per heavy atom. The van der Waals surface area contributed by atoms with E-state index < -0.39 is 10.0 Å². The van der Waals surface area contributed by atoms with E-state index in [1.165, 1.54) is 38.5 Å². The Morgan fingerprint density at radius 2 is 1.50 bits per heavy atom. The molecule has 0 spiro atoms. The van der Waals surface area contributed by atoms with Crippen molar-refractivity contribution in [2.45, 2.75) is 77.0 Å². The first-order valence-electron chi connectivity index (χ1n) is 8.54. The molecular weight excluding hydrogens is 294 g/mol. The van der Waals surface area contributed by atoms with E-state index in [0.29, 0.717) is 11.4 Å². The Labute approximate surface area is 136 Å². The van der Waals surface area contributed by atoms with Gasteiger partial charge in [0.15, 0.2) is 0 Å². The molecule has 0 aliphatic rings. The van der Waals surface area contributed by atoms with Crippen LogP contribution in [0.15, 0.2) is 23.1 Å². The molecule has 3 nitrogen and oxygen atoms in total. The van der Waals surface area contributed by atoms with E-state index in [4.69, 9.17) is 0 Å². The lowest BCUT2D eigenvalue weighted by Gasteiger charge is -2.10. The van der Waals surface area contributed by atoms with Gasteiger partial charge < -0.3 is 0 Å². The van der Waals surface area contributed by atoms with Gasteiger partial charge in [-0.15, -0.1) is 0 Å². The van der Waals surface area contributed by atoms with Gasteiger partial charge in [0.25, 0.3) is 0 Å². The van der Waals surface area contributed by atoms with Gasteiger partial charge in [-0.05, 0) is 37.5 Å². The van der Waals surface area contributed by atoms with Crippen LogP contribution in [0.1, 0.15) is 69.4 Å². The molecule has 0 aliphatic carbocycles. The van der Waals surface area contributed by atoms with Gasteiger partial charge in [0, 0.05) is 6.54 Å². The molecule has 0 saturated carbocycles. The molecule has 0 atom stereocenters. The number of unbranched alkanes of at least 4 members (excludes halogenated alkanes) is 7. The molecule has 0 radical (unpaired) electrons. The molecule has 126 valence electrons. The molecule has 0 amide bonds. The Balaban J connectivity index is 2.27. The summed E-state index contributed by atoms with van der Waals surface area (Å²) < 4.78 is 27.3. The average molecular weight is 326 g/mol. The summed E-state index contributed by atoms with van der Waals surface area (Å²) in [4.78, 5) is 0.409. The summed E-state index contributed by atoms with van der Waals surface area (Å²) >= 11 is 0. The second-order valence-corrected chi connectivity index (χ2v) is 7.88. The van der Waals surface area contributed by atoms with E-state index in [9.17, 15) is 8.42 Å². The average Bonchev–Trinajstić information content (AvgIpc) is 2.48. The first kappa shape index (κ1) is 19.2. The first-order chi connectivity index (χ1) is 10.5. The lowest BCUT2D eigenvalue weighted by molar-refractivity contribution is 0.558. The van der Waals surface area contributed by atoms with Crippen molar-refractivity contribution in [2.24, 2.45) is 0 Å². The van der Waals surface area contributed by atoms with Gasteiger partial charge in [0.2, 0.25) is 10.0 Å². The van der Waals surface area contributed by atoms with Crippen LogP contribution in [-0.4, -0.2) is 15.0 Å². The monoisotopic (exact) mass is 325 g/mol. The van der Waals surface area contributed by atoms with Gasteiger partial charge in [-0.2, -0.15) is 0 Å². The summed E-state index contributed by atoms with van der Waals surface area (Å²) in [6, 6.07) is 5.54. The summed E-state index contributed by atoms with van der Waals surface area (Å²) in [6.45, 7) is 6.51. The third-order valence-corrected chi connectivity index (χ3v) is 5.56. The van der Waals surface area contributed by atoms with Crippen molar-refractivity contribution in [3.63, 3.8) is 0 Å². The summed E-state index contributed by atoms with van der Waals surface area (Å²) in [7, 11) is -3.37. The Morgan fingerprint density at radius 1 is 0.909 bits per heavy atom. The summed E-state index contributed by atoms with van der Waals surface area (Å²) in [6.07, 6.45) is 9.73. The maximum absolute atomic E-state index is 12.3. The number of sulfonamides is 1. The van der Waals surface area contributed by atoms with Gasteiger partial charge in [0.05, 0.1) is 4.90 Å². The van der Waals surface area contributed by atoms with Gasteiger partial charge >= 0.3 is 0 Å². The lowest BCUT2D eigenvalue weighted by atomic mass is 10.1. The van der Waals surface area contributed by atoms with Crippen molar-refractivity contribution in [1.29, 1.82) is 0 Å². The Bertz CT molecular complexity index is 538. The highest BCUT2D eigenvalue weighted by Crippen LogP contribution is 2.16. The maximum atomic E-state index is 12.3. The molecule has 4 heteroatoms. The van der Waals surface area contributed by atoms with Crippen molar-refractivity contribution in [3.8, 4) is 0 Å². The van der Waals surface area contributed by atoms with Crippen LogP contribution in [0, 0.1) is 13.8 Å². The van der Waals surface area contributed by atoms with Crippen LogP contribution in [-0.2, 0) is 10.0 Å². The van der Waals surface area contributed by atoms with Crippen molar-refractivity contribution >= 4 is 10.0 Å². The fourth-order valence-corrected chi connectivity index (χ4v) is 3.94. The van der Waals surface area contributed by atoms with E-state index >= 15 is 0 Å². The molecule has 1 aromatic carbocycles. The zero-order valence-corrected chi connectivity index (χ0v) is 15.1. The molecule has 1 N–H and O–H groups in total. The standard InChI is InChI=1S/C18H31NO2S/c1-4-5-6-7-8-9-10-11-14-19-22(20,21)18-15-16(2)12-13-17(18)3/h12-13,15,19H,4-11,14H2,1-3H3. The van der Waals surface area contributed by atoms with E-state index in [-0.39, 0.29) is 0 Å². The molecule has 0 unspecified atom stereocenters. The van der Waals surface area contributed by atoms with Crippen LogP contribution < -0.4 is 4.72 Å². The normalized spacial score (nSPS) is 11.8. The maximum Gasteiger partial charge on any atom is 0.240 e. The topological polar surface area (TPSA) is 46.2 Å². The third kappa shape index (κ3) is 6.93. The van der Waals surface area contributed by atoms with Crippen LogP contribution in [0.5, 0.6) is 0 Å². The number of benzene rings is 1. The highest BCUT2D eigenvalue weighted by atomic mass is 32.2. The van der Waals surface area contributed by atoms with Crippen LogP contribution >= 0.6 is 0 Å². The molecule has 22 heavy (non-hydrogen) atoms. The fraction of sp³-hybridized carbons (Fsp3) is 0.667. The van der Waals surface area contributed by atoms with Gasteiger partial charge in [0.1, 0.15) is 0 Å². The Hall–Kier alpha value is -0.870. The molecule has 0 bridgehead atoms. The van der Waals surface area contributed by atoms with E-state index in [0.717, 1.165) is 24.0 Å². The summed E-state index contributed by atoms with van der Waals surface area (Å²) in [5, 5.41) is 0. The van der Waals surface area contributed by atoms with Crippen molar-refractivity contribution in [1.82, 2.24) is 4.72 Å². The summed E-state index contributed by atoms with van der Waals surface area (Å²) in [5.41, 5.74) is 1.77. The Kier molecular flexibility index (Phi) is 8.72. The van der Waals surface area contributed by atoms with Crippen molar-refractivity contribution in [2.75, 3.05) is 6.54 Å². The van der Waals surface area contributed by atoms with Crippen molar-refractivity contribution < 1.29 is 8.42 Å². The fourth-order valence-electron chi connectivity index (χ4n) is 2.54. The number of rotatable bonds is 11. The number of hydrogen-bond donors (Lipinski definition) is 1. The van der Waals surface area contributed by atoms with Gasteiger partial charge in [-0.3, -0.25) is 0 Å². The second-order valence-electron chi connectivity index (χ2n) is 6.14. The zero-order valence-electron chi connectivity index (χ0n) is 14.3. The molecule has 0 aromatic heterocycles. The second kappa shape index (κ2) is 10.0. The summed E-state index contributed by atoms with van der Waals surface area (Å²) in [5.74, 6) is 0. The molecule has 1 rings (SSSR count). The van der Waals surface area contributed by atoms with E-state index in [2.05, 4.69) is 11.6 Å². The smallest absolute Gasteiger partial charge is 0.211 e. The molecular formula is C18H31NO2S. The quantitative estimate of drug-likeness (QED) is 0.598. The van der Waals surface area contributed by atoms with Crippen LogP contribution in [0.3, 0.4) is 0 Å². The van der Waals surface area contributed by atoms with Crippen molar-refractivity contribution in [3.05, 3.63) is 29.3 Å². The molecule has 1 aromatic rings. The highest BCUT2D eigenvalue weighted by molar-refractivity contribution is 7.89. The predicted octanol–water partition coefficient (Wildman–Crippen LogP) is 4.72. The minimum absolute atomic E-state index is 0.409. The van der Waals surface area contributed by atoms with Gasteiger partial charge in [-0.1, -0.05) is 64.0 Å². The molecule has 0 heterocycles. The highest BCUT2D eigenvalue weighted by Gasteiger charge is 2.15. The molecule has 0 aliphatic heterocycles. The number of aryl methyl sites for hydroxylation is 2. The largest absolute Gasteiger partial charge is 0.240 e. The minimum atomic E-state index is -3.37. The van der Waals surface area contributed by atoms with Crippen LogP contribution in [0.25, 0.3) is 0 Å². The SMILES string of the molecule is CCCCCCCCCCNS(=O)(=O)c1cc(C)ccc1C. The number of hydrogen-bond acceptors (Lipinski definition) is 2. The molecule has 0 fully saturated rings. The van der Waals surface area contributed by atoms with Crippen LogP contribution in [0.4, 0.5) is 0 Å². The lowest BCUT2D eigenvalue weighted by Crippen LogP contribution is -2.25. The molecule has 0 saturated heterocycles. The first-order valence-corrected chi connectivity index (χ1v) is 10.0. The predicted molar refractivity (Wildman–Crippen MR) is 93.7 cm³/mol. The number of nitrogens with one attached hydrogen (secondary N) is 1. The minimum Gasteiger partial charge on any atom is -0.211 e. The van der Waals surface area contributed by atoms with Crippen LogP contribution in [0.2, 0.25) is 0 Å². The zero-order chi connectivity index (χ0) is 16.4. The van der Waals surface area contributed by atoms with E-state index in [1.54, 1.807) is 6.07 Å². The van der Waals surface area contributed by atoms with E-state index in [1.807, 2.05) is 26.0 Å². The van der Waals surface area contributed by atoms with Gasteiger partial charge in [-0.25, -0.2) is 13.1 Å².